The number of anilines is 1. The number of amides is 1. The quantitative estimate of drug-likeness (QED) is 0.185. The molecule has 0 unspecified atom stereocenters. The number of nitrogens with one attached hydrogen (secondary N) is 2. The van der Waals surface area contributed by atoms with Crippen molar-refractivity contribution in [1.29, 1.82) is 0 Å². The molecular formula is C29H23N3O4S. The third-order valence-corrected chi connectivity index (χ3v) is 5.86. The normalized spacial score (nSPS) is 10.7. The van der Waals surface area contributed by atoms with Crippen molar-refractivity contribution in [2.45, 2.75) is 13.5 Å². The van der Waals surface area contributed by atoms with Crippen molar-refractivity contribution in [1.82, 2.24) is 10.3 Å². The van der Waals surface area contributed by atoms with E-state index in [1.807, 2.05) is 54.6 Å². The smallest absolute Gasteiger partial charge is 0.257 e. The number of aryl methyl sites for hydroxylation is 1. The van der Waals surface area contributed by atoms with E-state index in [0.717, 1.165) is 5.56 Å². The summed E-state index contributed by atoms with van der Waals surface area (Å²) in [5.41, 5.74) is 4.32. The first-order valence-electron chi connectivity index (χ1n) is 11.5. The van der Waals surface area contributed by atoms with Gasteiger partial charge in [-0.05, 0) is 72.7 Å². The van der Waals surface area contributed by atoms with Crippen LogP contribution in [0.25, 0.3) is 22.6 Å². The number of hydrogen-bond donors (Lipinski definition) is 3. The summed E-state index contributed by atoms with van der Waals surface area (Å²) in [6, 6.07) is 27.4. The van der Waals surface area contributed by atoms with Gasteiger partial charge in [0, 0.05) is 11.3 Å². The van der Waals surface area contributed by atoms with Crippen molar-refractivity contribution in [2.24, 2.45) is 0 Å². The molecule has 1 amide bonds. The van der Waals surface area contributed by atoms with Gasteiger partial charge in [-0.3, -0.25) is 10.1 Å². The summed E-state index contributed by atoms with van der Waals surface area (Å²) in [4.78, 5) is 17.3. The fourth-order valence-corrected chi connectivity index (χ4v) is 4.02. The molecule has 37 heavy (non-hydrogen) atoms. The van der Waals surface area contributed by atoms with E-state index in [2.05, 4.69) is 15.6 Å². The third-order valence-electron chi connectivity index (χ3n) is 5.65. The van der Waals surface area contributed by atoms with Crippen LogP contribution in [0, 0.1) is 6.92 Å². The molecule has 3 N–H and O–H groups in total. The second-order valence-corrected chi connectivity index (χ2v) is 8.79. The Hall–Kier alpha value is -4.69. The van der Waals surface area contributed by atoms with Gasteiger partial charge in [0.25, 0.3) is 5.91 Å². The predicted molar refractivity (Wildman–Crippen MR) is 147 cm³/mol. The molecule has 0 aliphatic heterocycles. The molecule has 0 atom stereocenters. The Morgan fingerprint density at radius 2 is 1.78 bits per heavy atom. The van der Waals surface area contributed by atoms with Gasteiger partial charge < -0.3 is 19.6 Å². The number of carbonyl (C=O) groups excluding carboxylic acids is 1. The highest BCUT2D eigenvalue weighted by Gasteiger charge is 2.16. The van der Waals surface area contributed by atoms with E-state index >= 15 is 0 Å². The zero-order valence-corrected chi connectivity index (χ0v) is 20.7. The van der Waals surface area contributed by atoms with E-state index in [1.165, 1.54) is 0 Å². The maximum absolute atomic E-state index is 12.8. The molecule has 0 spiro atoms. The summed E-state index contributed by atoms with van der Waals surface area (Å²) in [6.07, 6.45) is 0. The number of para-hydroxylation sites is 2. The van der Waals surface area contributed by atoms with E-state index in [-0.39, 0.29) is 22.7 Å². The molecule has 7 nitrogen and oxygen atoms in total. The average molecular weight is 510 g/mol. The summed E-state index contributed by atoms with van der Waals surface area (Å²) >= 11 is 5.37. The SMILES string of the molecule is Cc1cc(NC(=S)NC(=O)c2cccc(OCc3ccccc3)c2)cc(-c2nc3ccccc3o2)c1O. The molecule has 8 heteroatoms. The molecule has 0 radical (unpaired) electrons. The third kappa shape index (κ3) is 5.60. The van der Waals surface area contributed by atoms with Crippen molar-refractivity contribution in [3.8, 4) is 23.0 Å². The van der Waals surface area contributed by atoms with Crippen LogP contribution < -0.4 is 15.4 Å². The number of benzene rings is 4. The summed E-state index contributed by atoms with van der Waals surface area (Å²) in [7, 11) is 0. The van der Waals surface area contributed by atoms with Crippen LogP contribution in [0.2, 0.25) is 0 Å². The largest absolute Gasteiger partial charge is 0.507 e. The maximum Gasteiger partial charge on any atom is 0.257 e. The molecule has 0 bridgehead atoms. The van der Waals surface area contributed by atoms with Crippen LogP contribution in [0.1, 0.15) is 21.5 Å². The van der Waals surface area contributed by atoms with E-state index in [9.17, 15) is 9.90 Å². The molecule has 184 valence electrons. The Bertz CT molecular complexity index is 1560. The van der Waals surface area contributed by atoms with Gasteiger partial charge >= 0.3 is 0 Å². The van der Waals surface area contributed by atoms with Crippen LogP contribution in [-0.2, 0) is 6.61 Å². The van der Waals surface area contributed by atoms with Crippen molar-refractivity contribution in [2.75, 3.05) is 5.32 Å². The fourth-order valence-electron chi connectivity index (χ4n) is 3.81. The number of phenols is 1. The van der Waals surface area contributed by atoms with E-state index in [1.54, 1.807) is 43.3 Å². The molecular weight excluding hydrogens is 486 g/mol. The highest BCUT2D eigenvalue weighted by molar-refractivity contribution is 7.80. The van der Waals surface area contributed by atoms with Gasteiger partial charge in [-0.25, -0.2) is 4.98 Å². The number of rotatable bonds is 6. The molecule has 0 saturated carbocycles. The Kier molecular flexibility index (Phi) is 6.83. The molecule has 4 aromatic carbocycles. The van der Waals surface area contributed by atoms with Crippen molar-refractivity contribution < 1.29 is 19.1 Å². The Balaban J connectivity index is 1.27. The zero-order valence-electron chi connectivity index (χ0n) is 19.9. The van der Waals surface area contributed by atoms with Crippen molar-refractivity contribution in [3.63, 3.8) is 0 Å². The number of aromatic hydroxyl groups is 1. The van der Waals surface area contributed by atoms with Gasteiger partial charge in [-0.2, -0.15) is 0 Å². The van der Waals surface area contributed by atoms with Crippen molar-refractivity contribution >= 4 is 40.0 Å². The maximum atomic E-state index is 12.8. The molecule has 1 aromatic heterocycles. The number of fused-ring (bicyclic) bond motifs is 1. The van der Waals surface area contributed by atoms with E-state index in [4.69, 9.17) is 21.4 Å². The first kappa shape index (κ1) is 24.0. The monoisotopic (exact) mass is 509 g/mol. The summed E-state index contributed by atoms with van der Waals surface area (Å²) in [5.74, 6) is 0.539. The molecule has 1 heterocycles. The Labute approximate surface area is 218 Å². The second kappa shape index (κ2) is 10.5. The number of phenolic OH excluding ortho intramolecular Hbond substituents is 1. The zero-order chi connectivity index (χ0) is 25.8. The summed E-state index contributed by atoms with van der Waals surface area (Å²) < 4.78 is 11.6. The van der Waals surface area contributed by atoms with Crippen LogP contribution in [0.4, 0.5) is 5.69 Å². The number of nitrogens with zero attached hydrogens (tertiary/aromatic N) is 1. The Morgan fingerprint density at radius 3 is 2.59 bits per heavy atom. The first-order valence-corrected chi connectivity index (χ1v) is 12.0. The van der Waals surface area contributed by atoms with Gasteiger partial charge in [0.1, 0.15) is 23.6 Å². The lowest BCUT2D eigenvalue weighted by atomic mass is 10.1. The van der Waals surface area contributed by atoms with Crippen LogP contribution in [0.5, 0.6) is 11.5 Å². The Morgan fingerprint density at radius 1 is 1.00 bits per heavy atom. The van der Waals surface area contributed by atoms with E-state index < -0.39 is 0 Å². The van der Waals surface area contributed by atoms with Crippen LogP contribution in [0.3, 0.4) is 0 Å². The summed E-state index contributed by atoms with van der Waals surface area (Å²) in [5, 5.41) is 16.4. The second-order valence-electron chi connectivity index (χ2n) is 8.39. The number of aromatic nitrogens is 1. The number of hydrogen-bond acceptors (Lipinski definition) is 6. The molecule has 0 aliphatic carbocycles. The number of carbonyl (C=O) groups is 1. The minimum absolute atomic E-state index is 0.0550. The lowest BCUT2D eigenvalue weighted by Crippen LogP contribution is -2.34. The van der Waals surface area contributed by atoms with Crippen molar-refractivity contribution in [3.05, 3.63) is 108 Å². The number of thiocarbonyl (C=S) groups is 1. The van der Waals surface area contributed by atoms with Gasteiger partial charge in [-0.15, -0.1) is 0 Å². The molecule has 0 aliphatic rings. The lowest BCUT2D eigenvalue weighted by molar-refractivity contribution is 0.0977. The summed E-state index contributed by atoms with van der Waals surface area (Å²) in [6.45, 7) is 2.16. The van der Waals surface area contributed by atoms with Gasteiger partial charge in [0.2, 0.25) is 5.89 Å². The first-order chi connectivity index (χ1) is 18.0. The highest BCUT2D eigenvalue weighted by Crippen LogP contribution is 2.36. The average Bonchev–Trinajstić information content (AvgIpc) is 3.34. The van der Waals surface area contributed by atoms with Crippen LogP contribution in [-0.4, -0.2) is 21.1 Å². The molecule has 5 rings (SSSR count). The van der Waals surface area contributed by atoms with Crippen LogP contribution >= 0.6 is 12.2 Å². The van der Waals surface area contributed by atoms with Gasteiger partial charge in [0.05, 0.1) is 5.56 Å². The predicted octanol–water partition coefficient (Wildman–Crippen LogP) is 6.21. The van der Waals surface area contributed by atoms with Gasteiger partial charge in [-0.1, -0.05) is 48.5 Å². The molecule has 0 fully saturated rings. The fraction of sp³-hybridized carbons (Fsp3) is 0.0690. The minimum atomic E-state index is -0.377. The molecule has 0 saturated heterocycles. The number of ether oxygens (including phenoxy) is 1. The standard InChI is InChI=1S/C29H23N3O4S/c1-18-14-21(16-23(26(18)33)28-31-24-12-5-6-13-25(24)36-28)30-29(37)32-27(34)20-10-7-11-22(15-20)35-17-19-8-3-2-4-9-19/h2-16,33H,17H2,1H3,(H2,30,32,34,37). The molecule has 5 aromatic rings. The van der Waals surface area contributed by atoms with Gasteiger partial charge in [0.15, 0.2) is 10.7 Å². The van der Waals surface area contributed by atoms with E-state index in [0.29, 0.717) is 45.8 Å². The highest BCUT2D eigenvalue weighted by atomic mass is 32.1. The topological polar surface area (TPSA) is 96.6 Å². The minimum Gasteiger partial charge on any atom is -0.507 e. The van der Waals surface area contributed by atoms with Crippen LogP contribution in [0.15, 0.2) is 95.4 Å². The lowest BCUT2D eigenvalue weighted by Gasteiger charge is -2.13. The number of oxazole rings is 1.